The van der Waals surface area contributed by atoms with Crippen LogP contribution in [-0.2, 0) is 6.18 Å². The van der Waals surface area contributed by atoms with Crippen LogP contribution in [0.2, 0.25) is 0 Å². The van der Waals surface area contributed by atoms with Gasteiger partial charge in [-0.05, 0) is 36.4 Å². The highest BCUT2D eigenvalue weighted by atomic mass is 32.2. The van der Waals surface area contributed by atoms with Gasteiger partial charge in [0.25, 0.3) is 0 Å². The van der Waals surface area contributed by atoms with Crippen molar-refractivity contribution < 1.29 is 13.2 Å². The maximum absolute atomic E-state index is 12.6. The Morgan fingerprint density at radius 2 is 2.00 bits per heavy atom. The predicted molar refractivity (Wildman–Crippen MR) is 84.1 cm³/mol. The number of aromatic nitrogens is 1. The summed E-state index contributed by atoms with van der Waals surface area (Å²) < 4.78 is 37.8. The largest absolute Gasteiger partial charge is 0.433 e. The molecule has 0 atom stereocenters. The van der Waals surface area contributed by atoms with E-state index in [2.05, 4.69) is 16.9 Å². The molecule has 0 unspecified atom stereocenters. The average Bonchev–Trinajstić information content (AvgIpc) is 2.46. The number of alkyl halides is 3. The van der Waals surface area contributed by atoms with Gasteiger partial charge in [-0.25, -0.2) is 0 Å². The van der Waals surface area contributed by atoms with E-state index < -0.39 is 11.9 Å². The van der Waals surface area contributed by atoms with Gasteiger partial charge in [0.1, 0.15) is 5.69 Å². The molecule has 0 saturated carbocycles. The zero-order chi connectivity index (χ0) is 16.2. The van der Waals surface area contributed by atoms with Crippen LogP contribution in [0, 0.1) is 6.92 Å². The fourth-order valence-electron chi connectivity index (χ4n) is 1.84. The maximum Gasteiger partial charge on any atom is 0.433 e. The number of para-hydroxylation sites is 1. The highest BCUT2D eigenvalue weighted by molar-refractivity contribution is 7.99. The van der Waals surface area contributed by atoms with Gasteiger partial charge in [-0.1, -0.05) is 19.1 Å². The molecule has 0 radical (unpaired) electrons. The van der Waals surface area contributed by atoms with E-state index in [9.17, 15) is 13.2 Å². The highest BCUT2D eigenvalue weighted by Crippen LogP contribution is 2.30. The summed E-state index contributed by atoms with van der Waals surface area (Å²) >= 11 is 1.67. The molecular weight excluding hydrogens is 309 g/mol. The van der Waals surface area contributed by atoms with Crippen molar-refractivity contribution in [2.75, 3.05) is 5.75 Å². The third-order valence-corrected chi connectivity index (χ3v) is 3.89. The lowest BCUT2D eigenvalue weighted by Gasteiger charge is -2.08. The van der Waals surface area contributed by atoms with Crippen molar-refractivity contribution in [3.63, 3.8) is 0 Å². The van der Waals surface area contributed by atoms with E-state index in [0.717, 1.165) is 22.4 Å². The van der Waals surface area contributed by atoms with Gasteiger partial charge in [-0.2, -0.15) is 13.2 Å². The van der Waals surface area contributed by atoms with Gasteiger partial charge in [0.15, 0.2) is 0 Å². The molecule has 0 saturated heterocycles. The Bertz CT molecular complexity index is 681. The van der Waals surface area contributed by atoms with Gasteiger partial charge < -0.3 is 0 Å². The second-order valence-corrected chi connectivity index (χ2v) is 5.89. The molecule has 116 valence electrons. The molecule has 2 rings (SSSR count). The molecule has 0 bridgehead atoms. The molecule has 2 nitrogen and oxygen atoms in total. The minimum Gasteiger partial charge on any atom is -0.255 e. The smallest absolute Gasteiger partial charge is 0.255 e. The van der Waals surface area contributed by atoms with Gasteiger partial charge in [0.05, 0.1) is 5.69 Å². The molecular formula is C16H15F3N2S. The van der Waals surface area contributed by atoms with Crippen molar-refractivity contribution in [2.24, 2.45) is 4.99 Å². The lowest BCUT2D eigenvalue weighted by atomic mass is 10.1. The molecule has 0 aliphatic rings. The van der Waals surface area contributed by atoms with Crippen molar-refractivity contribution in [1.29, 1.82) is 0 Å². The number of aliphatic imine (C=N–C) groups is 1. The molecule has 1 aromatic carbocycles. The predicted octanol–water partition coefficient (Wildman–Crippen LogP) is 5.27. The van der Waals surface area contributed by atoms with Crippen LogP contribution in [0.5, 0.6) is 0 Å². The third kappa shape index (κ3) is 4.10. The Kier molecular flexibility index (Phi) is 5.24. The minimum absolute atomic E-state index is 0.492. The first-order valence-corrected chi connectivity index (χ1v) is 7.70. The highest BCUT2D eigenvalue weighted by Gasteiger charge is 2.32. The quantitative estimate of drug-likeness (QED) is 0.565. The molecule has 2 aromatic rings. The Hall–Kier alpha value is -1.82. The summed E-state index contributed by atoms with van der Waals surface area (Å²) in [6.45, 7) is 3.67. The first-order valence-electron chi connectivity index (χ1n) is 6.71. The normalized spacial score (nSPS) is 12.0. The van der Waals surface area contributed by atoms with E-state index >= 15 is 0 Å². The molecule has 0 amide bonds. The molecule has 0 aliphatic heterocycles. The molecule has 1 aromatic heterocycles. The SMILES string of the molecule is CCSc1ccccc1/N=C/c1cnc(C(F)(F)F)cc1C. The van der Waals surface area contributed by atoms with Crippen molar-refractivity contribution in [2.45, 2.75) is 24.9 Å². The topological polar surface area (TPSA) is 25.2 Å². The van der Waals surface area contributed by atoms with Crippen LogP contribution >= 0.6 is 11.8 Å². The summed E-state index contributed by atoms with van der Waals surface area (Å²) in [6.07, 6.45) is -1.67. The maximum atomic E-state index is 12.6. The van der Waals surface area contributed by atoms with Gasteiger partial charge >= 0.3 is 6.18 Å². The molecule has 0 N–H and O–H groups in total. The standard InChI is InChI=1S/C16H15F3N2S/c1-3-22-14-7-5-4-6-13(14)20-9-12-10-21-15(8-11(12)2)16(17,18)19/h4-10H,3H2,1-2H3/b20-9+. The number of hydrogen-bond donors (Lipinski definition) is 0. The molecule has 6 heteroatoms. The van der Waals surface area contributed by atoms with E-state index in [-0.39, 0.29) is 0 Å². The van der Waals surface area contributed by atoms with Gasteiger partial charge in [-0.15, -0.1) is 11.8 Å². The van der Waals surface area contributed by atoms with E-state index in [1.807, 2.05) is 24.3 Å². The van der Waals surface area contributed by atoms with Gasteiger partial charge in [0.2, 0.25) is 0 Å². The molecule has 22 heavy (non-hydrogen) atoms. The number of nitrogens with zero attached hydrogens (tertiary/aromatic N) is 2. The molecule has 1 heterocycles. The molecule has 0 spiro atoms. The number of rotatable bonds is 4. The Balaban J connectivity index is 2.28. The second-order valence-electron chi connectivity index (χ2n) is 4.58. The lowest BCUT2D eigenvalue weighted by molar-refractivity contribution is -0.141. The Morgan fingerprint density at radius 1 is 1.27 bits per heavy atom. The van der Waals surface area contributed by atoms with Crippen molar-refractivity contribution in [3.05, 3.63) is 53.3 Å². The van der Waals surface area contributed by atoms with Crippen molar-refractivity contribution in [3.8, 4) is 0 Å². The lowest BCUT2D eigenvalue weighted by Crippen LogP contribution is -2.08. The van der Waals surface area contributed by atoms with E-state index in [0.29, 0.717) is 11.1 Å². The monoisotopic (exact) mass is 324 g/mol. The zero-order valence-corrected chi connectivity index (χ0v) is 13.0. The number of hydrogen-bond acceptors (Lipinski definition) is 3. The van der Waals surface area contributed by atoms with Crippen molar-refractivity contribution >= 4 is 23.7 Å². The van der Waals surface area contributed by atoms with Crippen LogP contribution in [0.4, 0.5) is 18.9 Å². The average molecular weight is 324 g/mol. The second kappa shape index (κ2) is 6.96. The van der Waals surface area contributed by atoms with Gasteiger partial charge in [0, 0.05) is 22.9 Å². The van der Waals surface area contributed by atoms with Crippen LogP contribution in [0.15, 0.2) is 46.4 Å². The summed E-state index contributed by atoms with van der Waals surface area (Å²) in [4.78, 5) is 8.88. The molecule has 0 aliphatic carbocycles. The van der Waals surface area contributed by atoms with Gasteiger partial charge in [-0.3, -0.25) is 9.98 Å². The third-order valence-electron chi connectivity index (χ3n) is 2.95. The van der Waals surface area contributed by atoms with E-state index in [4.69, 9.17) is 0 Å². The van der Waals surface area contributed by atoms with Crippen LogP contribution in [0.25, 0.3) is 0 Å². The molecule has 0 fully saturated rings. The summed E-state index contributed by atoms with van der Waals surface area (Å²) in [5.41, 5.74) is 0.980. The van der Waals surface area contributed by atoms with E-state index in [1.54, 1.807) is 24.9 Å². The minimum atomic E-state index is -4.43. The van der Waals surface area contributed by atoms with E-state index in [1.165, 1.54) is 6.20 Å². The first kappa shape index (κ1) is 16.5. The number of benzene rings is 1. The number of halogens is 3. The summed E-state index contributed by atoms with van der Waals surface area (Å²) in [6, 6.07) is 8.69. The number of thioether (sulfide) groups is 1. The zero-order valence-electron chi connectivity index (χ0n) is 12.2. The fourth-order valence-corrected chi connectivity index (χ4v) is 2.59. The van der Waals surface area contributed by atoms with Crippen LogP contribution < -0.4 is 0 Å². The summed E-state index contributed by atoms with van der Waals surface area (Å²) in [5, 5.41) is 0. The summed E-state index contributed by atoms with van der Waals surface area (Å²) in [5.74, 6) is 0.924. The van der Waals surface area contributed by atoms with Crippen LogP contribution in [-0.4, -0.2) is 17.0 Å². The Morgan fingerprint density at radius 3 is 2.64 bits per heavy atom. The Labute approximate surface area is 131 Å². The van der Waals surface area contributed by atoms with Crippen LogP contribution in [0.1, 0.15) is 23.7 Å². The van der Waals surface area contributed by atoms with Crippen LogP contribution in [0.3, 0.4) is 0 Å². The first-order chi connectivity index (χ1) is 10.4. The summed E-state index contributed by atoms with van der Waals surface area (Å²) in [7, 11) is 0. The fraction of sp³-hybridized carbons (Fsp3) is 0.250. The number of pyridine rings is 1. The van der Waals surface area contributed by atoms with Crippen molar-refractivity contribution in [1.82, 2.24) is 4.98 Å². The number of aryl methyl sites for hydroxylation is 1.